The monoisotopic (exact) mass is 265 g/mol. The van der Waals surface area contributed by atoms with Crippen LogP contribution in [0.25, 0.3) is 0 Å². The highest BCUT2D eigenvalue weighted by Crippen LogP contribution is 2.35. The molecule has 0 heterocycles. The van der Waals surface area contributed by atoms with Crippen molar-refractivity contribution in [3.05, 3.63) is 34.9 Å². The minimum Gasteiger partial charge on any atom is -0.314 e. The van der Waals surface area contributed by atoms with E-state index in [1.807, 2.05) is 12.1 Å². The lowest BCUT2D eigenvalue weighted by molar-refractivity contribution is 0.439. The molecule has 0 bridgehead atoms. The van der Waals surface area contributed by atoms with Gasteiger partial charge in [0.05, 0.1) is 0 Å². The number of benzene rings is 1. The molecule has 1 aliphatic carbocycles. The Kier molecular flexibility index (Phi) is 5.52. The second-order valence-electron chi connectivity index (χ2n) is 5.39. The van der Waals surface area contributed by atoms with E-state index in [0.29, 0.717) is 12.0 Å². The molecule has 0 spiro atoms. The zero-order chi connectivity index (χ0) is 12.8. The van der Waals surface area contributed by atoms with Crippen LogP contribution in [-0.4, -0.2) is 12.6 Å². The Morgan fingerprint density at radius 3 is 2.78 bits per heavy atom. The molecule has 0 aromatic heterocycles. The molecule has 1 aliphatic rings. The quantitative estimate of drug-likeness (QED) is 0.775. The maximum atomic E-state index is 6.34. The first-order chi connectivity index (χ1) is 8.81. The van der Waals surface area contributed by atoms with E-state index >= 15 is 0 Å². The molecule has 0 radical (unpaired) electrons. The molecule has 18 heavy (non-hydrogen) atoms. The second-order valence-corrected chi connectivity index (χ2v) is 5.80. The van der Waals surface area contributed by atoms with Gasteiger partial charge in [-0.25, -0.2) is 0 Å². The van der Waals surface area contributed by atoms with Crippen LogP contribution in [-0.2, 0) is 0 Å². The Morgan fingerprint density at radius 2 is 2.00 bits per heavy atom. The van der Waals surface area contributed by atoms with Crippen LogP contribution in [0.3, 0.4) is 0 Å². The van der Waals surface area contributed by atoms with E-state index in [-0.39, 0.29) is 0 Å². The van der Waals surface area contributed by atoms with Gasteiger partial charge in [-0.15, -0.1) is 0 Å². The summed E-state index contributed by atoms with van der Waals surface area (Å²) >= 11 is 6.34. The molecule has 0 amide bonds. The van der Waals surface area contributed by atoms with Crippen molar-refractivity contribution in [2.24, 2.45) is 0 Å². The van der Waals surface area contributed by atoms with E-state index in [4.69, 9.17) is 11.6 Å². The van der Waals surface area contributed by atoms with Crippen LogP contribution in [0.4, 0.5) is 0 Å². The van der Waals surface area contributed by atoms with Gasteiger partial charge in [0.1, 0.15) is 0 Å². The number of hydrogen-bond acceptors (Lipinski definition) is 1. The van der Waals surface area contributed by atoms with Crippen molar-refractivity contribution in [3.63, 3.8) is 0 Å². The highest BCUT2D eigenvalue weighted by Gasteiger charge is 2.22. The fourth-order valence-corrected chi connectivity index (χ4v) is 3.27. The average Bonchev–Trinajstić information content (AvgIpc) is 2.62. The van der Waals surface area contributed by atoms with E-state index in [1.165, 1.54) is 44.1 Å². The number of nitrogens with one attached hydrogen (secondary N) is 1. The molecule has 0 aliphatic heterocycles. The molecule has 1 aromatic rings. The summed E-state index contributed by atoms with van der Waals surface area (Å²) in [4.78, 5) is 0. The fraction of sp³-hybridized carbons (Fsp3) is 0.625. The lowest BCUT2D eigenvalue weighted by Crippen LogP contribution is -2.30. The molecule has 2 heteroatoms. The Balaban J connectivity index is 2.05. The van der Waals surface area contributed by atoms with Crippen LogP contribution in [0, 0.1) is 0 Å². The molecular formula is C16H24ClN. The molecule has 100 valence electrons. The van der Waals surface area contributed by atoms with Gasteiger partial charge in [-0.05, 0) is 49.8 Å². The summed E-state index contributed by atoms with van der Waals surface area (Å²) in [5.74, 6) is 0.635. The molecule has 2 rings (SSSR count). The van der Waals surface area contributed by atoms with Gasteiger partial charge < -0.3 is 5.32 Å². The lowest BCUT2D eigenvalue weighted by atomic mass is 9.90. The maximum absolute atomic E-state index is 6.34. The molecule has 1 saturated carbocycles. The van der Waals surface area contributed by atoms with Crippen LogP contribution in [0.2, 0.25) is 5.02 Å². The summed E-state index contributed by atoms with van der Waals surface area (Å²) < 4.78 is 0. The molecule has 1 N–H and O–H groups in total. The highest BCUT2D eigenvalue weighted by molar-refractivity contribution is 6.31. The fourth-order valence-electron chi connectivity index (χ4n) is 2.98. The summed E-state index contributed by atoms with van der Waals surface area (Å²) in [5, 5.41) is 4.63. The van der Waals surface area contributed by atoms with Crippen molar-refractivity contribution in [2.45, 2.75) is 57.4 Å². The van der Waals surface area contributed by atoms with Gasteiger partial charge in [0, 0.05) is 11.1 Å². The van der Waals surface area contributed by atoms with Crippen LogP contribution in [0.5, 0.6) is 0 Å². The Morgan fingerprint density at radius 1 is 1.22 bits per heavy atom. The van der Waals surface area contributed by atoms with Gasteiger partial charge >= 0.3 is 0 Å². The summed E-state index contributed by atoms with van der Waals surface area (Å²) in [6.45, 7) is 3.37. The Hall–Kier alpha value is -0.530. The van der Waals surface area contributed by atoms with Gasteiger partial charge in [0.15, 0.2) is 0 Å². The van der Waals surface area contributed by atoms with Crippen molar-refractivity contribution in [1.29, 1.82) is 0 Å². The van der Waals surface area contributed by atoms with Gasteiger partial charge in [0.2, 0.25) is 0 Å². The van der Waals surface area contributed by atoms with Crippen LogP contribution in [0.15, 0.2) is 24.3 Å². The third-order valence-electron chi connectivity index (χ3n) is 3.95. The number of halogens is 1. The predicted octanol–water partition coefficient (Wildman–Crippen LogP) is 4.76. The smallest absolute Gasteiger partial charge is 0.0440 e. The maximum Gasteiger partial charge on any atom is 0.0440 e. The van der Waals surface area contributed by atoms with E-state index < -0.39 is 0 Å². The normalized spacial score (nSPS) is 24.8. The van der Waals surface area contributed by atoms with Crippen molar-refractivity contribution < 1.29 is 0 Å². The zero-order valence-corrected chi connectivity index (χ0v) is 12.0. The first-order valence-electron chi connectivity index (χ1n) is 7.29. The minimum atomic E-state index is 0.635. The molecule has 2 atom stereocenters. The van der Waals surface area contributed by atoms with Crippen LogP contribution in [0.1, 0.15) is 56.9 Å². The van der Waals surface area contributed by atoms with Crippen LogP contribution < -0.4 is 5.32 Å². The Labute approximate surface area is 116 Å². The van der Waals surface area contributed by atoms with Gasteiger partial charge in [-0.3, -0.25) is 0 Å². The molecule has 0 saturated heterocycles. The summed E-state index contributed by atoms with van der Waals surface area (Å²) in [5.41, 5.74) is 1.35. The van der Waals surface area contributed by atoms with Gasteiger partial charge in [-0.1, -0.05) is 49.6 Å². The van der Waals surface area contributed by atoms with Crippen LogP contribution >= 0.6 is 11.6 Å². The Bertz CT molecular complexity index is 364. The van der Waals surface area contributed by atoms with E-state index in [0.717, 1.165) is 11.6 Å². The average molecular weight is 266 g/mol. The SMILES string of the molecule is CCCNC1CCCCC(c2ccccc2Cl)C1. The second kappa shape index (κ2) is 7.16. The third kappa shape index (κ3) is 3.73. The van der Waals surface area contributed by atoms with Crippen molar-refractivity contribution in [1.82, 2.24) is 5.32 Å². The van der Waals surface area contributed by atoms with Gasteiger partial charge in [0.25, 0.3) is 0 Å². The summed E-state index contributed by atoms with van der Waals surface area (Å²) in [6, 6.07) is 9.04. The zero-order valence-electron chi connectivity index (χ0n) is 11.3. The van der Waals surface area contributed by atoms with E-state index in [1.54, 1.807) is 0 Å². The lowest BCUT2D eigenvalue weighted by Gasteiger charge is -2.22. The summed E-state index contributed by atoms with van der Waals surface area (Å²) in [6.07, 6.45) is 7.74. The number of hydrogen-bond donors (Lipinski definition) is 1. The van der Waals surface area contributed by atoms with Crippen molar-refractivity contribution in [2.75, 3.05) is 6.54 Å². The molecule has 2 unspecified atom stereocenters. The molecule has 1 fully saturated rings. The standard InChI is InChI=1S/C16H24ClN/c1-2-11-18-14-8-4-3-7-13(12-14)15-9-5-6-10-16(15)17/h5-6,9-10,13-14,18H,2-4,7-8,11-12H2,1H3. The largest absolute Gasteiger partial charge is 0.314 e. The molecule has 1 aromatic carbocycles. The first kappa shape index (κ1) is 13.9. The number of rotatable bonds is 4. The van der Waals surface area contributed by atoms with Crippen molar-refractivity contribution in [3.8, 4) is 0 Å². The highest BCUT2D eigenvalue weighted by atomic mass is 35.5. The first-order valence-corrected chi connectivity index (χ1v) is 7.67. The molecule has 1 nitrogen and oxygen atoms in total. The van der Waals surface area contributed by atoms with Crippen molar-refractivity contribution >= 4 is 11.6 Å². The summed E-state index contributed by atoms with van der Waals surface area (Å²) in [7, 11) is 0. The predicted molar refractivity (Wildman–Crippen MR) is 79.4 cm³/mol. The minimum absolute atomic E-state index is 0.635. The topological polar surface area (TPSA) is 12.0 Å². The third-order valence-corrected chi connectivity index (χ3v) is 4.30. The molecular weight excluding hydrogens is 242 g/mol. The van der Waals surface area contributed by atoms with E-state index in [2.05, 4.69) is 24.4 Å². The van der Waals surface area contributed by atoms with E-state index in [9.17, 15) is 0 Å². The van der Waals surface area contributed by atoms with Gasteiger partial charge in [-0.2, -0.15) is 0 Å².